The third-order valence-corrected chi connectivity index (χ3v) is 5.03. The number of hydrogen-bond donors (Lipinski definition) is 2. The topological polar surface area (TPSA) is 167 Å². The van der Waals surface area contributed by atoms with Crippen molar-refractivity contribution in [2.24, 2.45) is 12.8 Å². The lowest BCUT2D eigenvalue weighted by molar-refractivity contribution is 0.0692. The predicted octanol–water partition coefficient (Wildman–Crippen LogP) is -0.195. The van der Waals surface area contributed by atoms with Crippen LogP contribution in [0.4, 0.5) is 10.6 Å². The van der Waals surface area contributed by atoms with Gasteiger partial charge in [0.15, 0.2) is 10.8 Å². The first-order valence-electron chi connectivity index (χ1n) is 6.83. The number of methoxy groups -OCH3 is 2. The number of urea groups is 1. The molecule has 0 atom stereocenters. The highest BCUT2D eigenvalue weighted by Gasteiger charge is 2.37. The third kappa shape index (κ3) is 3.23. The Morgan fingerprint density at radius 3 is 2.42 bits per heavy atom. The lowest BCUT2D eigenvalue weighted by atomic mass is 10.4. The van der Waals surface area contributed by atoms with Crippen LogP contribution in [0, 0.1) is 0 Å². The Morgan fingerprint density at radius 1 is 1.27 bits per heavy atom. The number of nitrogens with two attached hydrogens (primary N) is 1. The van der Waals surface area contributed by atoms with Crippen molar-refractivity contribution in [2.45, 2.75) is 5.03 Å². The standard InChI is InChI=1S/C13H15N5O7S/c1-17-11(8(6-15-17)12(19)20)26(22,23)18(13(14)21)9-4-7(24-2)5-10(16-9)25-3/h4-6H,1-3H3,(H2,14,21)(H,19,20). The van der Waals surface area contributed by atoms with Crippen molar-refractivity contribution in [1.29, 1.82) is 0 Å². The number of aromatic carboxylic acids is 1. The summed E-state index contributed by atoms with van der Waals surface area (Å²) in [4.78, 5) is 27.1. The van der Waals surface area contributed by atoms with Crippen molar-refractivity contribution in [2.75, 3.05) is 18.5 Å². The Balaban J connectivity index is 2.74. The summed E-state index contributed by atoms with van der Waals surface area (Å²) < 4.78 is 36.8. The monoisotopic (exact) mass is 385 g/mol. The van der Waals surface area contributed by atoms with Gasteiger partial charge in [-0.2, -0.15) is 22.8 Å². The molecule has 0 radical (unpaired) electrons. The van der Waals surface area contributed by atoms with Gasteiger partial charge in [-0.05, 0) is 0 Å². The van der Waals surface area contributed by atoms with Crippen LogP contribution in [0.25, 0.3) is 0 Å². The molecule has 0 aliphatic rings. The first-order valence-corrected chi connectivity index (χ1v) is 8.27. The fourth-order valence-corrected chi connectivity index (χ4v) is 3.66. The Bertz CT molecular complexity index is 947. The number of pyridine rings is 1. The molecule has 0 bridgehead atoms. The molecule has 0 spiro atoms. The minimum atomic E-state index is -4.76. The van der Waals surface area contributed by atoms with Crippen LogP contribution < -0.4 is 19.5 Å². The maximum Gasteiger partial charge on any atom is 0.340 e. The molecule has 0 aliphatic heterocycles. The molecule has 13 heteroatoms. The lowest BCUT2D eigenvalue weighted by Crippen LogP contribution is -2.42. The number of ether oxygens (including phenoxy) is 2. The van der Waals surface area contributed by atoms with E-state index in [1.165, 1.54) is 27.3 Å². The van der Waals surface area contributed by atoms with E-state index in [9.17, 15) is 23.1 Å². The molecule has 26 heavy (non-hydrogen) atoms. The number of aromatic nitrogens is 3. The third-order valence-electron chi connectivity index (χ3n) is 3.21. The predicted molar refractivity (Wildman–Crippen MR) is 86.8 cm³/mol. The van der Waals surface area contributed by atoms with Crippen LogP contribution in [0.3, 0.4) is 0 Å². The minimum absolute atomic E-state index is 0.0516. The summed E-state index contributed by atoms with van der Waals surface area (Å²) >= 11 is 0. The SMILES string of the molecule is COc1cc(OC)nc(N(C(N)=O)S(=O)(=O)c2c(C(=O)O)cnn2C)c1. The lowest BCUT2D eigenvalue weighted by Gasteiger charge is -2.20. The summed E-state index contributed by atoms with van der Waals surface area (Å²) in [5, 5.41) is 12.1. The van der Waals surface area contributed by atoms with Gasteiger partial charge in [-0.1, -0.05) is 0 Å². The number of amides is 2. The van der Waals surface area contributed by atoms with Gasteiger partial charge in [0.1, 0.15) is 11.3 Å². The fourth-order valence-electron chi connectivity index (χ4n) is 2.11. The van der Waals surface area contributed by atoms with E-state index >= 15 is 0 Å². The second-order valence-electron chi connectivity index (χ2n) is 4.81. The van der Waals surface area contributed by atoms with E-state index < -0.39 is 38.4 Å². The van der Waals surface area contributed by atoms with Gasteiger partial charge in [0.2, 0.25) is 5.88 Å². The van der Waals surface area contributed by atoms with Crippen LogP contribution in [-0.4, -0.2) is 54.5 Å². The van der Waals surface area contributed by atoms with E-state index in [1.807, 2.05) is 0 Å². The number of hydrogen-bond acceptors (Lipinski definition) is 8. The second-order valence-corrected chi connectivity index (χ2v) is 6.51. The van der Waals surface area contributed by atoms with Gasteiger partial charge < -0.3 is 20.3 Å². The summed E-state index contributed by atoms with van der Waals surface area (Å²) in [5.41, 5.74) is 4.60. The molecule has 2 aromatic heterocycles. The van der Waals surface area contributed by atoms with Gasteiger partial charge in [0.05, 0.1) is 20.4 Å². The highest BCUT2D eigenvalue weighted by molar-refractivity contribution is 7.93. The molecule has 0 saturated carbocycles. The molecule has 0 aliphatic carbocycles. The zero-order chi connectivity index (χ0) is 19.6. The molecule has 140 valence electrons. The number of carboxylic acid groups (broad SMARTS) is 1. The van der Waals surface area contributed by atoms with Crippen LogP contribution in [0.1, 0.15) is 10.4 Å². The van der Waals surface area contributed by atoms with Gasteiger partial charge in [0.25, 0.3) is 10.0 Å². The van der Waals surface area contributed by atoms with Crippen molar-refractivity contribution in [3.05, 3.63) is 23.9 Å². The van der Waals surface area contributed by atoms with E-state index in [0.717, 1.165) is 16.9 Å². The molecule has 2 amide bonds. The summed E-state index contributed by atoms with van der Waals surface area (Å²) in [6.45, 7) is 0. The molecule has 12 nitrogen and oxygen atoms in total. The summed E-state index contributed by atoms with van der Waals surface area (Å²) in [6, 6.07) is 1.06. The zero-order valence-electron chi connectivity index (χ0n) is 13.9. The largest absolute Gasteiger partial charge is 0.496 e. The molecule has 0 fully saturated rings. The van der Waals surface area contributed by atoms with Crippen molar-refractivity contribution in [3.8, 4) is 11.6 Å². The number of anilines is 1. The number of carbonyl (C=O) groups is 2. The number of aryl methyl sites for hydroxylation is 1. The van der Waals surface area contributed by atoms with Crippen molar-refractivity contribution in [3.63, 3.8) is 0 Å². The Morgan fingerprint density at radius 2 is 1.92 bits per heavy atom. The average Bonchev–Trinajstić information content (AvgIpc) is 2.96. The number of primary amides is 1. The maximum absolute atomic E-state index is 13.0. The van der Waals surface area contributed by atoms with Crippen molar-refractivity contribution < 1.29 is 32.6 Å². The quantitative estimate of drug-likeness (QED) is 0.684. The number of carboxylic acids is 1. The summed E-state index contributed by atoms with van der Waals surface area (Å²) in [6.07, 6.45) is 0.841. The normalized spacial score (nSPS) is 11.0. The van der Waals surface area contributed by atoms with Crippen molar-refractivity contribution >= 4 is 27.8 Å². The molecule has 0 aromatic carbocycles. The highest BCUT2D eigenvalue weighted by atomic mass is 32.2. The zero-order valence-corrected chi connectivity index (χ0v) is 14.7. The summed E-state index contributed by atoms with van der Waals surface area (Å²) in [7, 11) is -0.968. The average molecular weight is 385 g/mol. The molecule has 2 aromatic rings. The Kier molecular flexibility index (Phi) is 5.02. The van der Waals surface area contributed by atoms with Crippen LogP contribution in [0.2, 0.25) is 0 Å². The van der Waals surface area contributed by atoms with Gasteiger partial charge in [0, 0.05) is 19.2 Å². The molecule has 0 unspecified atom stereocenters. The van der Waals surface area contributed by atoms with Crippen molar-refractivity contribution in [1.82, 2.24) is 14.8 Å². The highest BCUT2D eigenvalue weighted by Crippen LogP contribution is 2.29. The fraction of sp³-hybridized carbons (Fsp3) is 0.231. The van der Waals surface area contributed by atoms with Crippen LogP contribution in [0.15, 0.2) is 23.4 Å². The Hall–Kier alpha value is -3.35. The van der Waals surface area contributed by atoms with Gasteiger partial charge in [-0.25, -0.2) is 9.59 Å². The van der Waals surface area contributed by atoms with Gasteiger partial charge in [-0.15, -0.1) is 0 Å². The van der Waals surface area contributed by atoms with E-state index in [0.29, 0.717) is 0 Å². The molecule has 2 rings (SSSR count). The smallest absolute Gasteiger partial charge is 0.340 e. The maximum atomic E-state index is 13.0. The van der Waals surface area contributed by atoms with Gasteiger partial charge in [-0.3, -0.25) is 4.68 Å². The van der Waals surface area contributed by atoms with E-state index in [4.69, 9.17) is 15.2 Å². The second kappa shape index (κ2) is 6.87. The molecular weight excluding hydrogens is 370 g/mol. The van der Waals surface area contributed by atoms with Crippen LogP contribution in [0.5, 0.6) is 11.6 Å². The minimum Gasteiger partial charge on any atom is -0.496 e. The van der Waals surface area contributed by atoms with E-state index in [1.54, 1.807) is 0 Å². The van der Waals surface area contributed by atoms with Crippen LogP contribution in [-0.2, 0) is 17.1 Å². The summed E-state index contributed by atoms with van der Waals surface area (Å²) in [5.74, 6) is -1.90. The van der Waals surface area contributed by atoms with Crippen LogP contribution >= 0.6 is 0 Å². The molecule has 3 N–H and O–H groups in total. The Labute approximate surface area is 147 Å². The first kappa shape index (κ1) is 19.0. The number of rotatable bonds is 6. The van der Waals surface area contributed by atoms with Gasteiger partial charge >= 0.3 is 12.0 Å². The molecular formula is C13H15N5O7S. The van der Waals surface area contributed by atoms with E-state index in [-0.39, 0.29) is 15.9 Å². The number of nitrogens with zero attached hydrogens (tertiary/aromatic N) is 4. The number of carbonyl (C=O) groups excluding carboxylic acids is 1. The van der Waals surface area contributed by atoms with E-state index in [2.05, 4.69) is 10.1 Å². The molecule has 2 heterocycles. The number of sulfonamides is 1. The molecule has 0 saturated heterocycles. The first-order chi connectivity index (χ1) is 12.1.